The van der Waals surface area contributed by atoms with E-state index < -0.39 is 18.2 Å². The zero-order valence-corrected chi connectivity index (χ0v) is 17.7. The molecule has 2 aliphatic carbocycles. The van der Waals surface area contributed by atoms with Crippen molar-refractivity contribution in [3.8, 4) is 0 Å². The van der Waals surface area contributed by atoms with Crippen LogP contribution in [0.15, 0.2) is 29.3 Å². The zero-order valence-electron chi connectivity index (χ0n) is 16.9. The number of aliphatic hydroxyl groups is 2. The first kappa shape index (κ1) is 20.5. The molecule has 1 aliphatic heterocycles. The zero-order chi connectivity index (χ0) is 20.5. The summed E-state index contributed by atoms with van der Waals surface area (Å²) in [4.78, 5) is 19.6. The van der Waals surface area contributed by atoms with E-state index in [4.69, 9.17) is 0 Å². The first-order valence-corrected chi connectivity index (χ1v) is 11.3. The summed E-state index contributed by atoms with van der Waals surface area (Å²) >= 11 is 1.50. The number of amidine groups is 1. The Labute approximate surface area is 176 Å². The Morgan fingerprint density at radius 1 is 1.17 bits per heavy atom. The van der Waals surface area contributed by atoms with Crippen molar-refractivity contribution in [2.75, 3.05) is 24.3 Å². The monoisotopic (exact) mass is 418 g/mol. The summed E-state index contributed by atoms with van der Waals surface area (Å²) in [5, 5.41) is 27.8. The highest BCUT2D eigenvalue weighted by Crippen LogP contribution is 2.41. The van der Waals surface area contributed by atoms with E-state index in [1.165, 1.54) is 11.8 Å². The van der Waals surface area contributed by atoms with E-state index in [1.54, 1.807) is 0 Å². The molecule has 4 rings (SSSR count). The van der Waals surface area contributed by atoms with Gasteiger partial charge < -0.3 is 25.7 Å². The Kier molecular flexibility index (Phi) is 6.03. The summed E-state index contributed by atoms with van der Waals surface area (Å²) in [6.07, 6.45) is 2.75. The first-order valence-electron chi connectivity index (χ1n) is 10.4. The molecule has 1 amide bonds. The summed E-state index contributed by atoms with van der Waals surface area (Å²) < 4.78 is 0. The van der Waals surface area contributed by atoms with E-state index in [2.05, 4.69) is 15.6 Å². The van der Waals surface area contributed by atoms with Crippen LogP contribution in [0.2, 0.25) is 0 Å². The molecule has 158 valence electrons. The van der Waals surface area contributed by atoms with Crippen molar-refractivity contribution in [2.45, 2.75) is 61.6 Å². The molecule has 1 aromatic rings. The molecular formula is C21H30N4O3S. The number of amides is 1. The molecule has 0 radical (unpaired) electrons. The molecule has 2 fully saturated rings. The molecule has 0 spiro atoms. The highest BCUT2D eigenvalue weighted by molar-refractivity contribution is 8.15. The van der Waals surface area contributed by atoms with Crippen LogP contribution in [0.25, 0.3) is 0 Å². The predicted molar refractivity (Wildman–Crippen MR) is 118 cm³/mol. The quantitative estimate of drug-likeness (QED) is 0.595. The van der Waals surface area contributed by atoms with Gasteiger partial charge in [0.1, 0.15) is 6.10 Å². The van der Waals surface area contributed by atoms with Crippen LogP contribution in [-0.2, 0) is 4.79 Å². The maximum atomic E-state index is 12.9. The topological polar surface area (TPSA) is 97.2 Å². The standard InChI is InChI=1S/C21H30N4O3S/c1-25(2)14-9-7-13(8-10-14)23-21-24-17-18(27)16(26)11-15(19(17)29-21)20(28)22-12-5-3-4-6-12/h7-10,12,15-19,26-27H,3-6,11H2,1-2H3,(H,22,28)(H,23,24). The van der Waals surface area contributed by atoms with E-state index in [-0.39, 0.29) is 29.5 Å². The van der Waals surface area contributed by atoms with Gasteiger partial charge >= 0.3 is 0 Å². The van der Waals surface area contributed by atoms with E-state index in [1.807, 2.05) is 43.3 Å². The van der Waals surface area contributed by atoms with Gasteiger partial charge in [-0.3, -0.25) is 9.79 Å². The van der Waals surface area contributed by atoms with E-state index >= 15 is 0 Å². The Balaban J connectivity index is 1.45. The number of benzene rings is 1. The van der Waals surface area contributed by atoms with Gasteiger partial charge in [0, 0.05) is 36.8 Å². The number of hydrogen-bond donors (Lipinski definition) is 4. The molecule has 1 aromatic carbocycles. The van der Waals surface area contributed by atoms with Gasteiger partial charge in [-0.05, 0) is 43.5 Å². The molecule has 5 atom stereocenters. The summed E-state index contributed by atoms with van der Waals surface area (Å²) in [7, 11) is 3.99. The number of aliphatic hydroxyl groups excluding tert-OH is 2. The Morgan fingerprint density at radius 2 is 1.86 bits per heavy atom. The van der Waals surface area contributed by atoms with E-state index in [0.29, 0.717) is 5.17 Å². The highest BCUT2D eigenvalue weighted by Gasteiger charge is 2.50. The van der Waals surface area contributed by atoms with Gasteiger partial charge in [0.25, 0.3) is 0 Å². The summed E-state index contributed by atoms with van der Waals surface area (Å²) in [6, 6.07) is 7.76. The molecule has 3 aliphatic rings. The van der Waals surface area contributed by atoms with Crippen LogP contribution in [0.4, 0.5) is 11.4 Å². The second-order valence-corrected chi connectivity index (χ2v) is 9.63. The maximum Gasteiger partial charge on any atom is 0.224 e. The number of hydrogen-bond acceptors (Lipinski definition) is 7. The van der Waals surface area contributed by atoms with Gasteiger partial charge in [0.15, 0.2) is 5.17 Å². The number of carbonyl (C=O) groups excluding carboxylic acids is 1. The maximum absolute atomic E-state index is 12.9. The third kappa shape index (κ3) is 4.39. The number of nitrogens with zero attached hydrogens (tertiary/aromatic N) is 2. The van der Waals surface area contributed by atoms with Gasteiger partial charge in [0.05, 0.1) is 18.1 Å². The SMILES string of the molecule is CN(C)c1ccc(NC2=NC3C(O)C(O)CC(C(=O)NC4CCCC4)C3S2)cc1. The first-order chi connectivity index (χ1) is 13.9. The number of carbonyl (C=O) groups is 1. The van der Waals surface area contributed by atoms with Crippen LogP contribution in [-0.4, -0.2) is 64.9 Å². The van der Waals surface area contributed by atoms with Crippen LogP contribution in [0, 0.1) is 5.92 Å². The van der Waals surface area contributed by atoms with Crippen molar-refractivity contribution >= 4 is 34.2 Å². The van der Waals surface area contributed by atoms with E-state index in [0.717, 1.165) is 37.1 Å². The average molecular weight is 419 g/mol. The van der Waals surface area contributed by atoms with Gasteiger partial charge in [-0.15, -0.1) is 0 Å². The highest BCUT2D eigenvalue weighted by atomic mass is 32.2. The largest absolute Gasteiger partial charge is 0.390 e. The van der Waals surface area contributed by atoms with Crippen molar-refractivity contribution in [1.29, 1.82) is 0 Å². The molecule has 0 bridgehead atoms. The minimum Gasteiger partial charge on any atom is -0.390 e. The van der Waals surface area contributed by atoms with E-state index in [9.17, 15) is 15.0 Å². The second-order valence-electron chi connectivity index (χ2n) is 8.46. The number of rotatable bonds is 4. The van der Waals surface area contributed by atoms with Crippen LogP contribution >= 0.6 is 11.8 Å². The third-order valence-electron chi connectivity index (χ3n) is 6.16. The number of aliphatic imine (C=N–C) groups is 1. The van der Waals surface area contributed by atoms with Crippen LogP contribution in [0.3, 0.4) is 0 Å². The van der Waals surface area contributed by atoms with Crippen LogP contribution in [0.5, 0.6) is 0 Å². The third-order valence-corrected chi connectivity index (χ3v) is 7.47. The lowest BCUT2D eigenvalue weighted by atomic mass is 9.81. The minimum absolute atomic E-state index is 0.0165. The molecule has 2 saturated carbocycles. The molecule has 8 heteroatoms. The van der Waals surface area contributed by atoms with Crippen molar-refractivity contribution in [3.63, 3.8) is 0 Å². The van der Waals surface area contributed by atoms with Crippen LogP contribution < -0.4 is 15.5 Å². The van der Waals surface area contributed by atoms with Crippen molar-refractivity contribution in [1.82, 2.24) is 5.32 Å². The average Bonchev–Trinajstić information content (AvgIpc) is 3.35. The van der Waals surface area contributed by atoms with Gasteiger partial charge in [-0.25, -0.2) is 0 Å². The number of fused-ring (bicyclic) bond motifs is 1. The predicted octanol–water partition coefficient (Wildman–Crippen LogP) is 1.80. The molecule has 1 heterocycles. The van der Waals surface area contributed by atoms with Gasteiger partial charge in [-0.1, -0.05) is 24.6 Å². The van der Waals surface area contributed by atoms with Crippen molar-refractivity contribution in [2.24, 2.45) is 10.9 Å². The Hall–Kier alpha value is -1.77. The molecular weight excluding hydrogens is 388 g/mol. The summed E-state index contributed by atoms with van der Waals surface area (Å²) in [6.45, 7) is 0. The number of thioether (sulfide) groups is 1. The normalized spacial score (nSPS) is 31.9. The van der Waals surface area contributed by atoms with Gasteiger partial charge in [0.2, 0.25) is 5.91 Å². The fourth-order valence-corrected chi connectivity index (χ4v) is 5.83. The van der Waals surface area contributed by atoms with Crippen LogP contribution in [0.1, 0.15) is 32.1 Å². The smallest absolute Gasteiger partial charge is 0.224 e. The van der Waals surface area contributed by atoms with Crippen molar-refractivity contribution < 1.29 is 15.0 Å². The second kappa shape index (κ2) is 8.53. The molecule has 0 aromatic heterocycles. The lowest BCUT2D eigenvalue weighted by Gasteiger charge is -2.37. The molecule has 29 heavy (non-hydrogen) atoms. The molecule has 7 nitrogen and oxygen atoms in total. The summed E-state index contributed by atoms with van der Waals surface area (Å²) in [5.74, 6) is -0.375. The van der Waals surface area contributed by atoms with Gasteiger partial charge in [-0.2, -0.15) is 0 Å². The lowest BCUT2D eigenvalue weighted by Crippen LogP contribution is -2.54. The fraction of sp³-hybridized carbons (Fsp3) is 0.619. The Bertz CT molecular complexity index is 764. The Morgan fingerprint density at radius 3 is 2.52 bits per heavy atom. The number of nitrogens with one attached hydrogen (secondary N) is 2. The molecule has 0 saturated heterocycles. The minimum atomic E-state index is -0.946. The van der Waals surface area contributed by atoms with Crippen molar-refractivity contribution in [3.05, 3.63) is 24.3 Å². The number of anilines is 2. The lowest BCUT2D eigenvalue weighted by molar-refractivity contribution is -0.130. The molecule has 4 N–H and O–H groups in total. The molecule has 5 unspecified atom stereocenters. The fourth-order valence-electron chi connectivity index (χ4n) is 4.45. The summed E-state index contributed by atoms with van der Waals surface area (Å²) in [5.41, 5.74) is 2.01.